The first-order valence-corrected chi connectivity index (χ1v) is 11.6. The molecule has 1 saturated heterocycles. The van der Waals surface area contributed by atoms with E-state index in [1.165, 1.54) is 5.56 Å². The van der Waals surface area contributed by atoms with Crippen molar-refractivity contribution in [1.82, 2.24) is 9.78 Å². The minimum atomic E-state index is -0.506. The van der Waals surface area contributed by atoms with E-state index in [1.807, 2.05) is 49.5 Å². The number of primary amides is 1. The van der Waals surface area contributed by atoms with Crippen molar-refractivity contribution in [3.8, 4) is 11.5 Å². The number of aromatic nitrogens is 2. The van der Waals surface area contributed by atoms with Gasteiger partial charge in [-0.3, -0.25) is 9.48 Å². The largest absolute Gasteiger partial charge is 0.455 e. The third kappa shape index (κ3) is 5.29. The highest BCUT2D eigenvalue weighted by Crippen LogP contribution is 2.32. The zero-order chi connectivity index (χ0) is 24.2. The zero-order valence-corrected chi connectivity index (χ0v) is 19.6. The average molecular weight is 473 g/mol. The molecule has 4 aromatic rings. The normalized spacial score (nSPS) is 13.7. The van der Waals surface area contributed by atoms with Crippen molar-refractivity contribution < 1.29 is 19.0 Å². The molecule has 1 aliphatic heterocycles. The van der Waals surface area contributed by atoms with E-state index in [-0.39, 0.29) is 6.10 Å². The number of nitrogens with two attached hydrogens (primary N) is 1. The fourth-order valence-electron chi connectivity index (χ4n) is 4.15. The smallest absolute Gasteiger partial charge is 0.248 e. The second-order valence-electron chi connectivity index (χ2n) is 8.58. The highest BCUT2D eigenvalue weighted by molar-refractivity contribution is 5.99. The zero-order valence-electron chi connectivity index (χ0n) is 19.6. The van der Waals surface area contributed by atoms with Gasteiger partial charge in [-0.1, -0.05) is 30.3 Å². The lowest BCUT2D eigenvalue weighted by Gasteiger charge is -2.40. The first-order chi connectivity index (χ1) is 17.1. The van der Waals surface area contributed by atoms with Gasteiger partial charge in [0.2, 0.25) is 5.91 Å². The van der Waals surface area contributed by atoms with Gasteiger partial charge in [0.25, 0.3) is 0 Å². The van der Waals surface area contributed by atoms with Crippen molar-refractivity contribution in [2.24, 2.45) is 12.8 Å². The Labute approximate surface area is 203 Å². The van der Waals surface area contributed by atoms with Crippen LogP contribution in [0.1, 0.15) is 15.9 Å². The molecule has 0 bridgehead atoms. The highest BCUT2D eigenvalue weighted by atomic mass is 16.5. The number of amides is 1. The molecular weight excluding hydrogens is 444 g/mol. The molecule has 8 nitrogen and oxygen atoms in total. The molecule has 2 heterocycles. The fraction of sp³-hybridized carbons (Fsp3) is 0.259. The van der Waals surface area contributed by atoms with E-state index in [4.69, 9.17) is 19.9 Å². The lowest BCUT2D eigenvalue weighted by Crippen LogP contribution is -2.52. The highest BCUT2D eigenvalue weighted by Gasteiger charge is 2.27. The Kier molecular flexibility index (Phi) is 6.65. The van der Waals surface area contributed by atoms with Crippen LogP contribution in [0.4, 0.5) is 5.69 Å². The van der Waals surface area contributed by atoms with Crippen LogP contribution in [0.5, 0.6) is 11.5 Å². The van der Waals surface area contributed by atoms with E-state index in [0.717, 1.165) is 29.7 Å². The number of aryl methyl sites for hydroxylation is 1. The van der Waals surface area contributed by atoms with Crippen molar-refractivity contribution >= 4 is 22.5 Å². The van der Waals surface area contributed by atoms with E-state index in [9.17, 15) is 4.79 Å². The Hall–Kier alpha value is -3.88. The molecule has 1 aromatic heterocycles. The standard InChI is InChI=1S/C27H28N4O4/c1-30-26-21(15-29-30)13-20(27(28)32)14-25(26)35-23-9-7-22(8-10-23)31-16-24(17-31)34-12-11-33-18-19-5-3-2-4-6-19/h2-10,13-15,24H,11-12,16-18H2,1H3,(H2,28,32). The molecule has 35 heavy (non-hydrogen) atoms. The molecule has 0 atom stereocenters. The van der Waals surface area contributed by atoms with Gasteiger partial charge in [0.15, 0.2) is 5.75 Å². The van der Waals surface area contributed by atoms with Gasteiger partial charge in [-0.25, -0.2) is 0 Å². The number of carbonyl (C=O) groups is 1. The molecular formula is C27H28N4O4. The second kappa shape index (κ2) is 10.2. The van der Waals surface area contributed by atoms with Gasteiger partial charge in [0.1, 0.15) is 11.3 Å². The Bertz CT molecular complexity index is 1300. The first-order valence-electron chi connectivity index (χ1n) is 11.6. The van der Waals surface area contributed by atoms with E-state index in [0.29, 0.717) is 36.9 Å². The summed E-state index contributed by atoms with van der Waals surface area (Å²) >= 11 is 0. The number of nitrogens with zero attached hydrogens (tertiary/aromatic N) is 3. The van der Waals surface area contributed by atoms with E-state index in [2.05, 4.69) is 22.1 Å². The molecule has 8 heteroatoms. The summed E-state index contributed by atoms with van der Waals surface area (Å²) in [5.41, 5.74) is 8.94. The van der Waals surface area contributed by atoms with E-state index >= 15 is 0 Å². The number of hydrogen-bond acceptors (Lipinski definition) is 6. The minimum absolute atomic E-state index is 0.209. The summed E-state index contributed by atoms with van der Waals surface area (Å²) in [4.78, 5) is 14.0. The number of carbonyl (C=O) groups excluding carboxylic acids is 1. The molecule has 0 radical (unpaired) electrons. The lowest BCUT2D eigenvalue weighted by molar-refractivity contribution is -0.0103. The van der Waals surface area contributed by atoms with Crippen molar-refractivity contribution in [3.63, 3.8) is 0 Å². The Morgan fingerprint density at radius 1 is 1.06 bits per heavy atom. The summed E-state index contributed by atoms with van der Waals surface area (Å²) in [6.45, 7) is 3.46. The molecule has 180 valence electrons. The Morgan fingerprint density at radius 2 is 1.83 bits per heavy atom. The van der Waals surface area contributed by atoms with Crippen LogP contribution in [0.25, 0.3) is 10.9 Å². The average Bonchev–Trinajstić information content (AvgIpc) is 3.22. The quantitative estimate of drug-likeness (QED) is 0.352. The Morgan fingerprint density at radius 3 is 2.57 bits per heavy atom. The van der Waals surface area contributed by atoms with Crippen molar-refractivity contribution in [2.45, 2.75) is 12.7 Å². The van der Waals surface area contributed by atoms with Gasteiger partial charge in [-0.05, 0) is 42.0 Å². The van der Waals surface area contributed by atoms with Gasteiger partial charge in [-0.2, -0.15) is 5.10 Å². The number of hydrogen-bond donors (Lipinski definition) is 1. The summed E-state index contributed by atoms with van der Waals surface area (Å²) in [6, 6.07) is 21.4. The van der Waals surface area contributed by atoms with E-state index < -0.39 is 5.91 Å². The van der Waals surface area contributed by atoms with Crippen LogP contribution in [0.3, 0.4) is 0 Å². The maximum Gasteiger partial charge on any atom is 0.248 e. The monoisotopic (exact) mass is 472 g/mol. The molecule has 0 unspecified atom stereocenters. The summed E-state index contributed by atoms with van der Waals surface area (Å²) in [5.74, 6) is 0.700. The second-order valence-corrected chi connectivity index (χ2v) is 8.58. The third-order valence-corrected chi connectivity index (χ3v) is 6.05. The fourth-order valence-corrected chi connectivity index (χ4v) is 4.15. The van der Waals surface area contributed by atoms with Gasteiger partial charge in [-0.15, -0.1) is 0 Å². The van der Waals surface area contributed by atoms with Crippen LogP contribution in [0, 0.1) is 0 Å². The molecule has 1 fully saturated rings. The van der Waals surface area contributed by atoms with Crippen molar-refractivity contribution in [1.29, 1.82) is 0 Å². The molecule has 0 aliphatic carbocycles. The van der Waals surface area contributed by atoms with Crippen LogP contribution in [0.2, 0.25) is 0 Å². The van der Waals surface area contributed by atoms with Crippen molar-refractivity contribution in [2.75, 3.05) is 31.2 Å². The first kappa shape index (κ1) is 22.9. The Balaban J connectivity index is 1.11. The van der Waals surface area contributed by atoms with Gasteiger partial charge < -0.3 is 24.8 Å². The maximum atomic E-state index is 11.7. The molecule has 0 saturated carbocycles. The van der Waals surface area contributed by atoms with Crippen LogP contribution < -0.4 is 15.4 Å². The van der Waals surface area contributed by atoms with E-state index in [1.54, 1.807) is 23.0 Å². The predicted octanol–water partition coefficient (Wildman–Crippen LogP) is 3.89. The topological polar surface area (TPSA) is 91.8 Å². The number of anilines is 1. The molecule has 3 aromatic carbocycles. The number of rotatable bonds is 10. The molecule has 5 rings (SSSR count). The van der Waals surface area contributed by atoms with Crippen LogP contribution in [-0.2, 0) is 23.1 Å². The van der Waals surface area contributed by atoms with Crippen LogP contribution in [0.15, 0.2) is 72.9 Å². The summed E-state index contributed by atoms with van der Waals surface area (Å²) in [7, 11) is 1.83. The van der Waals surface area contributed by atoms with Crippen LogP contribution >= 0.6 is 0 Å². The predicted molar refractivity (Wildman–Crippen MR) is 134 cm³/mol. The van der Waals surface area contributed by atoms with Crippen molar-refractivity contribution in [3.05, 3.63) is 84.1 Å². The summed E-state index contributed by atoms with van der Waals surface area (Å²) in [6.07, 6.45) is 1.90. The SMILES string of the molecule is Cn1ncc2cc(C(N)=O)cc(Oc3ccc(N4CC(OCCOCc5ccccc5)C4)cc3)c21. The number of fused-ring (bicyclic) bond motifs is 1. The van der Waals surface area contributed by atoms with Gasteiger partial charge in [0, 0.05) is 36.8 Å². The van der Waals surface area contributed by atoms with Gasteiger partial charge >= 0.3 is 0 Å². The summed E-state index contributed by atoms with van der Waals surface area (Å²) in [5, 5.41) is 5.06. The number of ether oxygens (including phenoxy) is 3. The lowest BCUT2D eigenvalue weighted by atomic mass is 10.1. The third-order valence-electron chi connectivity index (χ3n) is 6.05. The number of benzene rings is 3. The minimum Gasteiger partial charge on any atom is -0.455 e. The maximum absolute atomic E-state index is 11.7. The van der Waals surface area contributed by atoms with Crippen LogP contribution in [-0.4, -0.2) is 48.1 Å². The molecule has 0 spiro atoms. The molecule has 1 amide bonds. The summed E-state index contributed by atoms with van der Waals surface area (Å²) < 4.78 is 19.4. The van der Waals surface area contributed by atoms with Gasteiger partial charge in [0.05, 0.1) is 32.1 Å². The molecule has 2 N–H and O–H groups in total. The molecule has 1 aliphatic rings.